The van der Waals surface area contributed by atoms with Crippen LogP contribution in [0.3, 0.4) is 0 Å². The molecule has 1 aromatic rings. The Bertz CT molecular complexity index is 344. The van der Waals surface area contributed by atoms with E-state index < -0.39 is 0 Å². The second-order valence-electron chi connectivity index (χ2n) is 4.58. The molecule has 2 rings (SSSR count). The van der Waals surface area contributed by atoms with Crippen molar-refractivity contribution in [2.75, 3.05) is 25.0 Å². The van der Waals surface area contributed by atoms with Gasteiger partial charge in [-0.3, -0.25) is 0 Å². The second kappa shape index (κ2) is 5.42. The number of nitrogens with zero attached hydrogens (tertiary/aromatic N) is 3. The number of rotatable bonds is 3. The van der Waals surface area contributed by atoms with Crippen LogP contribution in [0.25, 0.3) is 0 Å². The molecule has 2 heterocycles. The highest BCUT2D eigenvalue weighted by Gasteiger charge is 2.23. The largest absolute Gasteiger partial charge is 0.372 e. The second-order valence-corrected chi connectivity index (χ2v) is 4.58. The molecule has 1 saturated heterocycles. The summed E-state index contributed by atoms with van der Waals surface area (Å²) in [6.07, 6.45) is 4.23. The molecule has 0 spiro atoms. The Morgan fingerprint density at radius 2 is 1.88 bits per heavy atom. The summed E-state index contributed by atoms with van der Waals surface area (Å²) in [5.41, 5.74) is 1.10. The number of morpholine rings is 1. The zero-order valence-corrected chi connectivity index (χ0v) is 10.7. The van der Waals surface area contributed by atoms with Crippen LogP contribution in [-0.2, 0) is 11.3 Å². The average molecular weight is 236 g/mol. The Balaban J connectivity index is 2.06. The van der Waals surface area contributed by atoms with Gasteiger partial charge in [-0.2, -0.15) is 0 Å². The molecule has 0 radical (unpaired) electrons. The van der Waals surface area contributed by atoms with Gasteiger partial charge in [0.2, 0.25) is 5.95 Å². The third-order valence-electron chi connectivity index (χ3n) is 2.78. The number of anilines is 1. The van der Waals surface area contributed by atoms with Gasteiger partial charge in [0.25, 0.3) is 0 Å². The van der Waals surface area contributed by atoms with Gasteiger partial charge in [-0.25, -0.2) is 9.97 Å². The Morgan fingerprint density at radius 3 is 2.41 bits per heavy atom. The number of hydrogen-bond acceptors (Lipinski definition) is 5. The van der Waals surface area contributed by atoms with Crippen molar-refractivity contribution in [2.24, 2.45) is 0 Å². The summed E-state index contributed by atoms with van der Waals surface area (Å²) in [6.45, 7) is 6.68. The van der Waals surface area contributed by atoms with Gasteiger partial charge >= 0.3 is 0 Å². The highest BCUT2D eigenvalue weighted by atomic mass is 16.5. The summed E-state index contributed by atoms with van der Waals surface area (Å²) in [7, 11) is 1.92. The van der Waals surface area contributed by atoms with Crippen molar-refractivity contribution in [3.8, 4) is 0 Å². The third-order valence-corrected chi connectivity index (χ3v) is 2.78. The van der Waals surface area contributed by atoms with E-state index >= 15 is 0 Å². The summed E-state index contributed by atoms with van der Waals surface area (Å²) >= 11 is 0. The molecular formula is C12H20N4O. The van der Waals surface area contributed by atoms with Crippen molar-refractivity contribution in [3.05, 3.63) is 18.0 Å². The summed E-state index contributed by atoms with van der Waals surface area (Å²) in [5.74, 6) is 0.798. The number of hydrogen-bond donors (Lipinski definition) is 1. The highest BCUT2D eigenvalue weighted by molar-refractivity contribution is 5.31. The predicted octanol–water partition coefficient (Wildman–Crippen LogP) is 0.810. The molecule has 17 heavy (non-hydrogen) atoms. The van der Waals surface area contributed by atoms with Crippen LogP contribution in [-0.4, -0.2) is 42.3 Å². The molecule has 1 aliphatic heterocycles. The molecule has 1 aliphatic rings. The van der Waals surface area contributed by atoms with E-state index in [0.29, 0.717) is 0 Å². The van der Waals surface area contributed by atoms with Crippen LogP contribution in [0.4, 0.5) is 5.95 Å². The Kier molecular flexibility index (Phi) is 3.91. The van der Waals surface area contributed by atoms with Gasteiger partial charge in [-0.05, 0) is 20.9 Å². The molecule has 0 bridgehead atoms. The SMILES string of the molecule is CNCc1cnc(N2C[C@@H](C)O[C@@H](C)C2)nc1. The number of nitrogens with one attached hydrogen (secondary N) is 1. The molecule has 0 unspecified atom stereocenters. The molecule has 94 valence electrons. The Hall–Kier alpha value is -1.20. The Morgan fingerprint density at radius 1 is 1.29 bits per heavy atom. The van der Waals surface area contributed by atoms with Crippen LogP contribution in [0.1, 0.15) is 19.4 Å². The van der Waals surface area contributed by atoms with Crippen molar-refractivity contribution in [1.82, 2.24) is 15.3 Å². The smallest absolute Gasteiger partial charge is 0.225 e. The van der Waals surface area contributed by atoms with Gasteiger partial charge in [0.15, 0.2) is 0 Å². The molecule has 0 saturated carbocycles. The molecule has 0 aromatic carbocycles. The van der Waals surface area contributed by atoms with E-state index in [-0.39, 0.29) is 12.2 Å². The molecule has 1 N–H and O–H groups in total. The molecular weight excluding hydrogens is 216 g/mol. The van der Waals surface area contributed by atoms with Gasteiger partial charge in [-0.15, -0.1) is 0 Å². The summed E-state index contributed by atoms with van der Waals surface area (Å²) in [5, 5.41) is 3.08. The minimum Gasteiger partial charge on any atom is -0.372 e. The van der Waals surface area contributed by atoms with Gasteiger partial charge in [0, 0.05) is 37.6 Å². The number of ether oxygens (including phenoxy) is 1. The normalized spacial score (nSPS) is 25.0. The van der Waals surface area contributed by atoms with Crippen molar-refractivity contribution < 1.29 is 4.74 Å². The zero-order chi connectivity index (χ0) is 12.3. The van der Waals surface area contributed by atoms with Gasteiger partial charge in [-0.1, -0.05) is 0 Å². The Labute approximate surface area is 102 Å². The van der Waals surface area contributed by atoms with E-state index in [4.69, 9.17) is 4.74 Å². The minimum atomic E-state index is 0.235. The lowest BCUT2D eigenvalue weighted by atomic mass is 10.2. The van der Waals surface area contributed by atoms with Crippen LogP contribution < -0.4 is 10.2 Å². The topological polar surface area (TPSA) is 50.3 Å². The van der Waals surface area contributed by atoms with Crippen molar-refractivity contribution >= 4 is 5.95 Å². The van der Waals surface area contributed by atoms with E-state index in [0.717, 1.165) is 31.1 Å². The lowest BCUT2D eigenvalue weighted by Gasteiger charge is -2.35. The van der Waals surface area contributed by atoms with E-state index in [1.165, 1.54) is 0 Å². The molecule has 5 heteroatoms. The molecule has 5 nitrogen and oxygen atoms in total. The monoisotopic (exact) mass is 236 g/mol. The zero-order valence-electron chi connectivity index (χ0n) is 10.7. The van der Waals surface area contributed by atoms with Crippen LogP contribution in [0.2, 0.25) is 0 Å². The van der Waals surface area contributed by atoms with E-state index in [2.05, 4.69) is 34.0 Å². The summed E-state index contributed by atoms with van der Waals surface area (Å²) < 4.78 is 5.69. The first-order chi connectivity index (χ1) is 8.19. The van der Waals surface area contributed by atoms with E-state index in [1.54, 1.807) is 0 Å². The molecule has 0 aliphatic carbocycles. The standard InChI is InChI=1S/C12H20N4O/c1-9-7-16(8-10(2)17-9)12-14-5-11(4-13-3)6-15-12/h5-6,9-10,13H,4,7-8H2,1-3H3/t9-,10+. The first-order valence-corrected chi connectivity index (χ1v) is 6.05. The van der Waals surface area contributed by atoms with Gasteiger partial charge < -0.3 is 15.0 Å². The van der Waals surface area contributed by atoms with Crippen molar-refractivity contribution in [3.63, 3.8) is 0 Å². The molecule has 1 fully saturated rings. The lowest BCUT2D eigenvalue weighted by Crippen LogP contribution is -2.46. The average Bonchev–Trinajstić information content (AvgIpc) is 2.29. The highest BCUT2D eigenvalue weighted by Crippen LogP contribution is 2.15. The van der Waals surface area contributed by atoms with Crippen molar-refractivity contribution in [2.45, 2.75) is 32.6 Å². The molecule has 2 atom stereocenters. The maximum Gasteiger partial charge on any atom is 0.225 e. The summed E-state index contributed by atoms with van der Waals surface area (Å²) in [4.78, 5) is 11.0. The minimum absolute atomic E-state index is 0.235. The molecule has 0 amide bonds. The fourth-order valence-electron chi connectivity index (χ4n) is 2.15. The quantitative estimate of drug-likeness (QED) is 0.841. The fourth-order valence-corrected chi connectivity index (χ4v) is 2.15. The third kappa shape index (κ3) is 3.14. The van der Waals surface area contributed by atoms with Gasteiger partial charge in [0.1, 0.15) is 0 Å². The number of aromatic nitrogens is 2. The maximum atomic E-state index is 5.69. The predicted molar refractivity (Wildman–Crippen MR) is 67.0 cm³/mol. The fraction of sp³-hybridized carbons (Fsp3) is 0.667. The van der Waals surface area contributed by atoms with E-state index in [9.17, 15) is 0 Å². The lowest BCUT2D eigenvalue weighted by molar-refractivity contribution is -0.00572. The van der Waals surface area contributed by atoms with Crippen LogP contribution >= 0.6 is 0 Å². The van der Waals surface area contributed by atoms with E-state index in [1.807, 2.05) is 19.4 Å². The first-order valence-electron chi connectivity index (χ1n) is 6.05. The van der Waals surface area contributed by atoms with Crippen LogP contribution in [0, 0.1) is 0 Å². The first kappa shape index (κ1) is 12.3. The maximum absolute atomic E-state index is 5.69. The summed E-state index contributed by atoms with van der Waals surface area (Å²) in [6, 6.07) is 0. The molecule has 1 aromatic heterocycles. The van der Waals surface area contributed by atoms with Gasteiger partial charge in [0.05, 0.1) is 12.2 Å². The van der Waals surface area contributed by atoms with Crippen LogP contribution in [0.5, 0.6) is 0 Å². The van der Waals surface area contributed by atoms with Crippen molar-refractivity contribution in [1.29, 1.82) is 0 Å². The van der Waals surface area contributed by atoms with Crippen LogP contribution in [0.15, 0.2) is 12.4 Å².